The third kappa shape index (κ3) is 3.70. The number of amides is 1. The van der Waals surface area contributed by atoms with Gasteiger partial charge in [-0.1, -0.05) is 0 Å². The van der Waals surface area contributed by atoms with Crippen molar-refractivity contribution in [1.82, 2.24) is 39.2 Å². The first-order valence-corrected chi connectivity index (χ1v) is 10.2. The van der Waals surface area contributed by atoms with Crippen LogP contribution in [0.1, 0.15) is 46.9 Å². The molecule has 1 aliphatic heterocycles. The topological polar surface area (TPSA) is 94.1 Å². The molecular weight excluding hydrogens is 418 g/mol. The lowest BCUT2D eigenvalue weighted by Gasteiger charge is -2.32. The Bertz CT molecular complexity index is 1280. The molecule has 11 heteroatoms. The van der Waals surface area contributed by atoms with Gasteiger partial charge in [0.1, 0.15) is 17.7 Å². The lowest BCUT2D eigenvalue weighted by molar-refractivity contribution is 0.0705. The highest BCUT2D eigenvalue weighted by Gasteiger charge is 2.27. The fraction of sp³-hybridized carbons (Fsp3) is 0.333. The van der Waals surface area contributed by atoms with Crippen molar-refractivity contribution in [2.45, 2.75) is 25.2 Å². The third-order valence-corrected chi connectivity index (χ3v) is 5.64. The van der Waals surface area contributed by atoms with E-state index in [1.807, 2.05) is 11.0 Å². The summed E-state index contributed by atoms with van der Waals surface area (Å²) in [4.78, 5) is 27.6. The average molecular weight is 438 g/mol. The van der Waals surface area contributed by atoms with Gasteiger partial charge in [0.05, 0.1) is 23.7 Å². The molecule has 0 N–H and O–H groups in total. The van der Waals surface area contributed by atoms with E-state index in [1.165, 1.54) is 23.0 Å². The molecule has 4 aromatic rings. The molecule has 5 rings (SSSR count). The first kappa shape index (κ1) is 20.2. The van der Waals surface area contributed by atoms with Gasteiger partial charge >= 0.3 is 0 Å². The Morgan fingerprint density at radius 2 is 2.06 bits per heavy atom. The van der Waals surface area contributed by atoms with Gasteiger partial charge in [-0.2, -0.15) is 10.2 Å². The van der Waals surface area contributed by atoms with Gasteiger partial charge in [0.15, 0.2) is 5.65 Å². The molecular formula is C21H20F2N8O. The quantitative estimate of drug-likeness (QED) is 0.486. The van der Waals surface area contributed by atoms with Crippen LogP contribution in [0.15, 0.2) is 43.1 Å². The molecule has 0 aliphatic carbocycles. The number of hydrogen-bond acceptors (Lipinski definition) is 6. The van der Waals surface area contributed by atoms with Gasteiger partial charge < -0.3 is 4.90 Å². The number of nitrogens with zero attached hydrogens (tertiary/aromatic N) is 8. The zero-order chi connectivity index (χ0) is 22.2. The Morgan fingerprint density at radius 3 is 2.84 bits per heavy atom. The number of aryl methyl sites for hydroxylation is 1. The molecule has 4 aromatic heterocycles. The van der Waals surface area contributed by atoms with Gasteiger partial charge in [-0.3, -0.25) is 9.48 Å². The molecule has 1 saturated heterocycles. The maximum atomic E-state index is 13.1. The summed E-state index contributed by atoms with van der Waals surface area (Å²) >= 11 is 0. The number of piperidine rings is 1. The minimum atomic E-state index is -2.68. The Balaban J connectivity index is 1.42. The number of likely N-dealkylation sites (tertiary alicyclic amines) is 1. The van der Waals surface area contributed by atoms with Gasteiger partial charge in [0.25, 0.3) is 12.3 Å². The molecule has 164 valence electrons. The van der Waals surface area contributed by atoms with Crippen molar-refractivity contribution < 1.29 is 13.6 Å². The van der Waals surface area contributed by atoms with Crippen LogP contribution in [0.3, 0.4) is 0 Å². The average Bonchev–Trinajstić information content (AvgIpc) is 3.44. The van der Waals surface area contributed by atoms with Crippen LogP contribution >= 0.6 is 0 Å². The summed E-state index contributed by atoms with van der Waals surface area (Å²) in [5.41, 5.74) is 2.52. The summed E-state index contributed by atoms with van der Waals surface area (Å²) in [7, 11) is 1.78. The predicted molar refractivity (Wildman–Crippen MR) is 110 cm³/mol. The van der Waals surface area contributed by atoms with Crippen molar-refractivity contribution in [2.24, 2.45) is 7.05 Å². The van der Waals surface area contributed by atoms with Crippen LogP contribution in [0, 0.1) is 0 Å². The zero-order valence-corrected chi connectivity index (χ0v) is 17.3. The van der Waals surface area contributed by atoms with Crippen molar-refractivity contribution >= 4 is 11.6 Å². The summed E-state index contributed by atoms with van der Waals surface area (Å²) in [6, 6.07) is 4.59. The Labute approximate surface area is 181 Å². The summed E-state index contributed by atoms with van der Waals surface area (Å²) < 4.78 is 29.2. The van der Waals surface area contributed by atoms with E-state index in [9.17, 15) is 13.6 Å². The molecule has 5 heterocycles. The van der Waals surface area contributed by atoms with E-state index >= 15 is 0 Å². The Morgan fingerprint density at radius 1 is 1.19 bits per heavy atom. The number of carbonyl (C=O) groups is 1. The Kier molecular flexibility index (Phi) is 5.08. The van der Waals surface area contributed by atoms with Crippen LogP contribution in [0.4, 0.5) is 8.78 Å². The Hall–Kier alpha value is -3.76. The summed E-state index contributed by atoms with van der Waals surface area (Å²) in [6.45, 7) is 1.21. The van der Waals surface area contributed by atoms with Gasteiger partial charge in [0.2, 0.25) is 0 Å². The number of halogens is 2. The molecule has 1 amide bonds. The molecule has 1 aliphatic rings. The van der Waals surface area contributed by atoms with E-state index in [0.717, 1.165) is 18.5 Å². The fourth-order valence-electron chi connectivity index (χ4n) is 4.03. The SMILES string of the molecule is Cn1cc(C(=O)N2CCCC(c3cc(-c4cnc5ccc(C(F)F)nn45)ncn3)C2)cn1. The highest BCUT2D eigenvalue weighted by molar-refractivity contribution is 5.93. The molecule has 0 aromatic carbocycles. The first-order chi connectivity index (χ1) is 15.5. The van der Waals surface area contributed by atoms with Gasteiger partial charge in [-0.15, -0.1) is 0 Å². The molecule has 1 fully saturated rings. The van der Waals surface area contributed by atoms with Crippen LogP contribution in [-0.2, 0) is 7.05 Å². The normalized spacial score (nSPS) is 16.8. The number of aromatic nitrogens is 7. The predicted octanol–water partition coefficient (Wildman–Crippen LogP) is 2.88. The number of hydrogen-bond donors (Lipinski definition) is 0. The number of fused-ring (bicyclic) bond motifs is 1. The minimum Gasteiger partial charge on any atom is -0.338 e. The van der Waals surface area contributed by atoms with Crippen LogP contribution in [0.25, 0.3) is 17.0 Å². The smallest absolute Gasteiger partial charge is 0.282 e. The van der Waals surface area contributed by atoms with Crippen molar-refractivity contribution in [1.29, 1.82) is 0 Å². The highest BCUT2D eigenvalue weighted by atomic mass is 19.3. The number of alkyl halides is 2. The summed E-state index contributed by atoms with van der Waals surface area (Å²) in [5, 5.41) is 8.09. The van der Waals surface area contributed by atoms with E-state index < -0.39 is 6.43 Å². The van der Waals surface area contributed by atoms with Crippen LogP contribution in [-0.4, -0.2) is 58.2 Å². The fourth-order valence-corrected chi connectivity index (χ4v) is 4.03. The van der Waals surface area contributed by atoms with Crippen molar-refractivity contribution in [3.8, 4) is 11.4 Å². The second-order valence-electron chi connectivity index (χ2n) is 7.79. The summed E-state index contributed by atoms with van der Waals surface area (Å²) in [5.74, 6) is -0.0162. The largest absolute Gasteiger partial charge is 0.338 e. The van der Waals surface area contributed by atoms with Crippen molar-refractivity contribution in [2.75, 3.05) is 13.1 Å². The highest BCUT2D eigenvalue weighted by Crippen LogP contribution is 2.29. The molecule has 0 radical (unpaired) electrons. The molecule has 32 heavy (non-hydrogen) atoms. The molecule has 1 unspecified atom stereocenters. The molecule has 0 bridgehead atoms. The lowest BCUT2D eigenvalue weighted by atomic mass is 9.93. The maximum absolute atomic E-state index is 13.1. The molecule has 0 spiro atoms. The zero-order valence-electron chi connectivity index (χ0n) is 17.3. The van der Waals surface area contributed by atoms with Crippen LogP contribution in [0.2, 0.25) is 0 Å². The van der Waals surface area contributed by atoms with Gasteiger partial charge in [-0.25, -0.2) is 28.2 Å². The molecule has 0 saturated carbocycles. The minimum absolute atomic E-state index is 0.0369. The maximum Gasteiger partial charge on any atom is 0.282 e. The van der Waals surface area contributed by atoms with Crippen LogP contribution in [0.5, 0.6) is 0 Å². The van der Waals surface area contributed by atoms with E-state index in [4.69, 9.17) is 0 Å². The number of imidazole rings is 1. The second kappa shape index (κ2) is 8.06. The molecule has 1 atom stereocenters. The van der Waals surface area contributed by atoms with Crippen molar-refractivity contribution in [3.05, 3.63) is 60.1 Å². The number of rotatable bonds is 4. The number of carbonyl (C=O) groups excluding carboxylic acids is 1. The molecule has 9 nitrogen and oxygen atoms in total. The first-order valence-electron chi connectivity index (χ1n) is 10.2. The third-order valence-electron chi connectivity index (χ3n) is 5.64. The van der Waals surface area contributed by atoms with E-state index in [-0.39, 0.29) is 17.5 Å². The van der Waals surface area contributed by atoms with Crippen LogP contribution < -0.4 is 0 Å². The standard InChI is InChI=1S/C21H20F2N8O/c1-29-10-14(8-27-29)21(32)30-6-2-3-13(11-30)16-7-17(26-12-25-16)18-9-24-19-5-4-15(20(22)23)28-31(18)19/h4-5,7-10,12-13,20H,2-3,6,11H2,1H3. The van der Waals surface area contributed by atoms with E-state index in [0.29, 0.717) is 35.7 Å². The van der Waals surface area contributed by atoms with E-state index in [2.05, 4.69) is 25.1 Å². The lowest BCUT2D eigenvalue weighted by Crippen LogP contribution is -2.39. The summed E-state index contributed by atoms with van der Waals surface area (Å²) in [6.07, 6.45) is 5.34. The van der Waals surface area contributed by atoms with Gasteiger partial charge in [-0.05, 0) is 31.0 Å². The van der Waals surface area contributed by atoms with Gasteiger partial charge in [0, 0.05) is 37.9 Å². The van der Waals surface area contributed by atoms with Crippen molar-refractivity contribution in [3.63, 3.8) is 0 Å². The monoisotopic (exact) mass is 438 g/mol. The second-order valence-corrected chi connectivity index (χ2v) is 7.79. The van der Waals surface area contributed by atoms with E-state index in [1.54, 1.807) is 30.3 Å².